The van der Waals surface area contributed by atoms with Crippen molar-refractivity contribution in [2.75, 3.05) is 5.32 Å². The van der Waals surface area contributed by atoms with Crippen LogP contribution in [0.2, 0.25) is 5.02 Å². The van der Waals surface area contributed by atoms with E-state index in [-0.39, 0.29) is 18.8 Å². The van der Waals surface area contributed by atoms with Crippen molar-refractivity contribution in [1.29, 1.82) is 0 Å². The van der Waals surface area contributed by atoms with Crippen LogP contribution in [0.25, 0.3) is 10.9 Å². The molecule has 0 radical (unpaired) electrons. The van der Waals surface area contributed by atoms with Gasteiger partial charge in [0, 0.05) is 28.0 Å². The van der Waals surface area contributed by atoms with Gasteiger partial charge in [-0.1, -0.05) is 23.7 Å². The van der Waals surface area contributed by atoms with Gasteiger partial charge < -0.3 is 10.4 Å². The maximum absolute atomic E-state index is 10.7. The Morgan fingerprint density at radius 3 is 2.57 bits per heavy atom. The van der Waals surface area contributed by atoms with Crippen LogP contribution in [0.3, 0.4) is 0 Å². The Balaban J connectivity index is 0.00000192. The standard InChI is InChI=1S/C17H13ClN2O2.ClH/c18-12-3-6-14-15(7-8-19-16(14)10-12)20-13-4-1-11(2-5-13)9-17(21)22;/h1-8,10H,9H2,(H,19,20)(H,21,22);1H. The van der Waals surface area contributed by atoms with Crippen LogP contribution in [-0.2, 0) is 11.2 Å². The molecule has 0 saturated heterocycles. The minimum absolute atomic E-state index is 0. The van der Waals surface area contributed by atoms with Crippen molar-refractivity contribution in [3.8, 4) is 0 Å². The largest absolute Gasteiger partial charge is 0.481 e. The third-order valence-electron chi connectivity index (χ3n) is 3.29. The van der Waals surface area contributed by atoms with Gasteiger partial charge in [0.2, 0.25) is 0 Å². The number of rotatable bonds is 4. The van der Waals surface area contributed by atoms with E-state index in [0.29, 0.717) is 5.02 Å². The first-order valence-electron chi connectivity index (χ1n) is 6.74. The summed E-state index contributed by atoms with van der Waals surface area (Å²) in [4.78, 5) is 15.0. The van der Waals surface area contributed by atoms with E-state index in [0.717, 1.165) is 27.8 Å². The highest BCUT2D eigenvalue weighted by atomic mass is 35.5. The molecule has 4 nitrogen and oxygen atoms in total. The van der Waals surface area contributed by atoms with Crippen molar-refractivity contribution >= 4 is 52.3 Å². The SMILES string of the molecule is Cl.O=C(O)Cc1ccc(Nc2ccnc3cc(Cl)ccc23)cc1. The monoisotopic (exact) mass is 348 g/mol. The molecule has 0 atom stereocenters. The molecule has 3 aromatic rings. The van der Waals surface area contributed by atoms with Gasteiger partial charge >= 0.3 is 5.97 Å². The highest BCUT2D eigenvalue weighted by Crippen LogP contribution is 2.27. The Labute approximate surface area is 144 Å². The zero-order valence-electron chi connectivity index (χ0n) is 12.0. The number of halogens is 2. The molecule has 1 heterocycles. The number of fused-ring (bicyclic) bond motifs is 1. The molecule has 0 aliphatic rings. The van der Waals surface area contributed by atoms with Crippen LogP contribution in [-0.4, -0.2) is 16.1 Å². The van der Waals surface area contributed by atoms with Gasteiger partial charge in [0.25, 0.3) is 0 Å². The van der Waals surface area contributed by atoms with E-state index in [9.17, 15) is 4.79 Å². The van der Waals surface area contributed by atoms with Gasteiger partial charge in [-0.15, -0.1) is 12.4 Å². The fourth-order valence-corrected chi connectivity index (χ4v) is 2.43. The summed E-state index contributed by atoms with van der Waals surface area (Å²) < 4.78 is 0. The topological polar surface area (TPSA) is 62.2 Å². The molecule has 6 heteroatoms. The lowest BCUT2D eigenvalue weighted by Gasteiger charge is -2.10. The average Bonchev–Trinajstić information content (AvgIpc) is 2.48. The maximum Gasteiger partial charge on any atom is 0.307 e. The number of aliphatic carboxylic acids is 1. The maximum atomic E-state index is 10.7. The zero-order valence-corrected chi connectivity index (χ0v) is 13.6. The number of anilines is 2. The third-order valence-corrected chi connectivity index (χ3v) is 3.53. The van der Waals surface area contributed by atoms with Crippen LogP contribution in [0.1, 0.15) is 5.56 Å². The first-order chi connectivity index (χ1) is 10.6. The Bertz CT molecular complexity index is 836. The first-order valence-corrected chi connectivity index (χ1v) is 7.11. The molecule has 0 bridgehead atoms. The summed E-state index contributed by atoms with van der Waals surface area (Å²) in [6.07, 6.45) is 1.75. The van der Waals surface area contributed by atoms with Crippen LogP contribution in [0.15, 0.2) is 54.7 Å². The van der Waals surface area contributed by atoms with E-state index in [4.69, 9.17) is 16.7 Å². The summed E-state index contributed by atoms with van der Waals surface area (Å²) in [5.74, 6) is -0.835. The highest BCUT2D eigenvalue weighted by molar-refractivity contribution is 6.31. The summed E-state index contributed by atoms with van der Waals surface area (Å²) in [5.41, 5.74) is 3.40. The van der Waals surface area contributed by atoms with Crippen molar-refractivity contribution in [2.24, 2.45) is 0 Å². The number of pyridine rings is 1. The summed E-state index contributed by atoms with van der Waals surface area (Å²) in [6.45, 7) is 0. The lowest BCUT2D eigenvalue weighted by molar-refractivity contribution is -0.136. The van der Waals surface area contributed by atoms with Crippen LogP contribution >= 0.6 is 24.0 Å². The Kier molecular flexibility index (Phi) is 5.42. The zero-order chi connectivity index (χ0) is 15.5. The second kappa shape index (κ2) is 7.31. The van der Waals surface area contributed by atoms with Crippen LogP contribution in [0.5, 0.6) is 0 Å². The normalized spacial score (nSPS) is 10.1. The molecule has 3 rings (SSSR count). The Hall–Kier alpha value is -2.30. The molecular formula is C17H14Cl2N2O2. The molecule has 1 aromatic heterocycles. The van der Waals surface area contributed by atoms with Crippen LogP contribution in [0, 0.1) is 0 Å². The molecule has 0 saturated carbocycles. The van der Waals surface area contributed by atoms with Gasteiger partial charge in [-0.25, -0.2) is 0 Å². The van der Waals surface area contributed by atoms with Gasteiger partial charge in [0.15, 0.2) is 0 Å². The van der Waals surface area contributed by atoms with Crippen LogP contribution in [0.4, 0.5) is 11.4 Å². The molecule has 2 N–H and O–H groups in total. The number of nitrogens with one attached hydrogen (secondary N) is 1. The van der Waals surface area contributed by atoms with E-state index in [2.05, 4.69) is 10.3 Å². The number of carboxylic acid groups (broad SMARTS) is 1. The smallest absolute Gasteiger partial charge is 0.307 e. The molecule has 2 aromatic carbocycles. The van der Waals surface area contributed by atoms with Gasteiger partial charge in [-0.3, -0.25) is 9.78 Å². The Morgan fingerprint density at radius 2 is 1.87 bits per heavy atom. The molecule has 0 amide bonds. The van der Waals surface area contributed by atoms with Gasteiger partial charge in [-0.05, 0) is 42.0 Å². The molecule has 0 unspecified atom stereocenters. The molecule has 0 aliphatic carbocycles. The van der Waals surface area contributed by atoms with Crippen LogP contribution < -0.4 is 5.32 Å². The number of benzene rings is 2. The number of hydrogen-bond donors (Lipinski definition) is 2. The molecule has 118 valence electrons. The summed E-state index contributed by atoms with van der Waals surface area (Å²) in [6, 6.07) is 14.8. The minimum Gasteiger partial charge on any atom is -0.481 e. The predicted octanol–water partition coefficient (Wildman–Crippen LogP) is 4.68. The van der Waals surface area contributed by atoms with Crippen molar-refractivity contribution in [1.82, 2.24) is 4.98 Å². The number of carboxylic acids is 1. The summed E-state index contributed by atoms with van der Waals surface area (Å²) >= 11 is 5.98. The fraction of sp³-hybridized carbons (Fsp3) is 0.0588. The summed E-state index contributed by atoms with van der Waals surface area (Å²) in [5, 5.41) is 13.7. The number of nitrogens with zero attached hydrogens (tertiary/aromatic N) is 1. The molecular weight excluding hydrogens is 335 g/mol. The molecule has 0 aliphatic heterocycles. The average molecular weight is 349 g/mol. The second-order valence-electron chi connectivity index (χ2n) is 4.91. The molecule has 0 spiro atoms. The van der Waals surface area contributed by atoms with Crippen molar-refractivity contribution in [3.63, 3.8) is 0 Å². The van der Waals surface area contributed by atoms with E-state index in [1.54, 1.807) is 18.3 Å². The lowest BCUT2D eigenvalue weighted by Crippen LogP contribution is -2.00. The van der Waals surface area contributed by atoms with Gasteiger partial charge in [0.1, 0.15) is 0 Å². The Morgan fingerprint density at radius 1 is 1.13 bits per heavy atom. The van der Waals surface area contributed by atoms with E-state index >= 15 is 0 Å². The third kappa shape index (κ3) is 4.12. The van der Waals surface area contributed by atoms with E-state index < -0.39 is 5.97 Å². The quantitative estimate of drug-likeness (QED) is 0.718. The molecule has 23 heavy (non-hydrogen) atoms. The van der Waals surface area contributed by atoms with Gasteiger partial charge in [0.05, 0.1) is 11.9 Å². The number of aromatic nitrogens is 1. The van der Waals surface area contributed by atoms with E-state index in [1.165, 1.54) is 0 Å². The predicted molar refractivity (Wildman–Crippen MR) is 95.1 cm³/mol. The number of carbonyl (C=O) groups is 1. The summed E-state index contributed by atoms with van der Waals surface area (Å²) in [7, 11) is 0. The highest BCUT2D eigenvalue weighted by Gasteiger charge is 2.04. The van der Waals surface area contributed by atoms with Crippen molar-refractivity contribution < 1.29 is 9.90 Å². The van der Waals surface area contributed by atoms with E-state index in [1.807, 2.05) is 36.4 Å². The second-order valence-corrected chi connectivity index (χ2v) is 5.35. The fourth-order valence-electron chi connectivity index (χ4n) is 2.27. The van der Waals surface area contributed by atoms with Gasteiger partial charge in [-0.2, -0.15) is 0 Å². The minimum atomic E-state index is -0.835. The van der Waals surface area contributed by atoms with Crippen molar-refractivity contribution in [3.05, 3.63) is 65.3 Å². The van der Waals surface area contributed by atoms with Crippen molar-refractivity contribution in [2.45, 2.75) is 6.42 Å². The molecule has 0 fully saturated rings. The lowest BCUT2D eigenvalue weighted by atomic mass is 10.1. The first kappa shape index (κ1) is 17.1. The number of hydrogen-bond acceptors (Lipinski definition) is 3.